The summed E-state index contributed by atoms with van der Waals surface area (Å²) in [7, 11) is 0. The van der Waals surface area contributed by atoms with E-state index >= 15 is 0 Å². The van der Waals surface area contributed by atoms with Crippen molar-refractivity contribution in [1.82, 2.24) is 5.32 Å². The fourth-order valence-corrected chi connectivity index (χ4v) is 0.808. The van der Waals surface area contributed by atoms with Gasteiger partial charge in [0.05, 0.1) is 6.07 Å². The van der Waals surface area contributed by atoms with Crippen molar-refractivity contribution in [2.45, 2.75) is 33.1 Å². The molecule has 1 N–H and O–H groups in total. The molecule has 0 rings (SSSR count). The van der Waals surface area contributed by atoms with Gasteiger partial charge in [0.1, 0.15) is 0 Å². The highest BCUT2D eigenvalue weighted by molar-refractivity contribution is 4.68. The van der Waals surface area contributed by atoms with Crippen molar-refractivity contribution in [3.8, 4) is 6.07 Å². The molecule has 0 aliphatic rings. The molecule has 0 radical (unpaired) electrons. The second-order valence-corrected chi connectivity index (χ2v) is 3.19. The van der Waals surface area contributed by atoms with Crippen LogP contribution in [0.3, 0.4) is 0 Å². The van der Waals surface area contributed by atoms with Crippen LogP contribution in [0.4, 0.5) is 0 Å². The van der Waals surface area contributed by atoms with Crippen LogP contribution in [0.5, 0.6) is 0 Å². The van der Waals surface area contributed by atoms with Crippen LogP contribution in [0.25, 0.3) is 0 Å². The summed E-state index contributed by atoms with van der Waals surface area (Å²) in [5.41, 5.74) is 0. The number of hydrogen-bond acceptors (Lipinski definition) is 2. The summed E-state index contributed by atoms with van der Waals surface area (Å²) >= 11 is 0. The van der Waals surface area contributed by atoms with Crippen molar-refractivity contribution in [2.24, 2.45) is 5.92 Å². The third kappa shape index (κ3) is 9.45. The molecule has 0 bridgehead atoms. The summed E-state index contributed by atoms with van der Waals surface area (Å²) in [6.07, 6.45) is 2.88. The second kappa shape index (κ2) is 7.56. The molecule has 0 aromatic carbocycles. The van der Waals surface area contributed by atoms with Crippen LogP contribution in [-0.2, 0) is 0 Å². The Labute approximate surface area is 69.6 Å². The number of nitriles is 1. The van der Waals surface area contributed by atoms with Crippen molar-refractivity contribution in [1.29, 1.82) is 5.26 Å². The van der Waals surface area contributed by atoms with Gasteiger partial charge < -0.3 is 5.32 Å². The maximum atomic E-state index is 8.23. The summed E-state index contributed by atoms with van der Waals surface area (Å²) in [5, 5.41) is 11.5. The normalized spacial score (nSPS) is 10.0. The van der Waals surface area contributed by atoms with Crippen molar-refractivity contribution in [3.05, 3.63) is 0 Å². The highest BCUT2D eigenvalue weighted by Gasteiger charge is 1.92. The summed E-state index contributed by atoms with van der Waals surface area (Å²) in [6.45, 7) is 6.51. The summed E-state index contributed by atoms with van der Waals surface area (Å²) in [6, 6.07) is 2.13. The van der Waals surface area contributed by atoms with Crippen molar-refractivity contribution < 1.29 is 0 Å². The average Bonchev–Trinajstić information content (AvgIpc) is 1.96. The molecule has 0 fully saturated rings. The van der Waals surface area contributed by atoms with Gasteiger partial charge in [-0.3, -0.25) is 0 Å². The number of hydrogen-bond donors (Lipinski definition) is 1. The predicted molar refractivity (Wildman–Crippen MR) is 47.2 cm³/mol. The lowest BCUT2D eigenvalue weighted by Crippen LogP contribution is -2.17. The fourth-order valence-electron chi connectivity index (χ4n) is 0.808. The van der Waals surface area contributed by atoms with Gasteiger partial charge >= 0.3 is 0 Å². The van der Waals surface area contributed by atoms with E-state index in [9.17, 15) is 0 Å². The molecule has 0 saturated heterocycles. The first kappa shape index (κ1) is 10.4. The number of nitrogens with one attached hydrogen (secondary N) is 1. The van der Waals surface area contributed by atoms with E-state index in [-0.39, 0.29) is 0 Å². The third-order valence-electron chi connectivity index (χ3n) is 1.54. The van der Waals surface area contributed by atoms with Gasteiger partial charge in [-0.15, -0.1) is 0 Å². The van der Waals surface area contributed by atoms with Gasteiger partial charge in [-0.05, 0) is 31.8 Å². The maximum absolute atomic E-state index is 8.23. The molecule has 0 spiro atoms. The zero-order chi connectivity index (χ0) is 8.53. The molecule has 0 aliphatic carbocycles. The van der Waals surface area contributed by atoms with E-state index in [1.165, 1.54) is 6.42 Å². The zero-order valence-electron chi connectivity index (χ0n) is 7.56. The van der Waals surface area contributed by atoms with Crippen molar-refractivity contribution in [3.63, 3.8) is 0 Å². The van der Waals surface area contributed by atoms with E-state index in [4.69, 9.17) is 5.26 Å². The van der Waals surface area contributed by atoms with Gasteiger partial charge in [-0.1, -0.05) is 13.8 Å². The minimum absolute atomic E-state index is 0.675. The third-order valence-corrected chi connectivity index (χ3v) is 1.54. The Morgan fingerprint density at radius 2 is 2.09 bits per heavy atom. The summed E-state index contributed by atoms with van der Waals surface area (Å²) in [5.74, 6) is 0.776. The Hall–Kier alpha value is -0.550. The van der Waals surface area contributed by atoms with Crippen molar-refractivity contribution in [2.75, 3.05) is 13.1 Å². The van der Waals surface area contributed by atoms with E-state index < -0.39 is 0 Å². The molecule has 0 heterocycles. The SMILES string of the molecule is CC(C)CCNCCCC#N. The molecule has 0 amide bonds. The molecule has 0 saturated carbocycles. The molecular formula is C9H18N2. The topological polar surface area (TPSA) is 35.8 Å². The van der Waals surface area contributed by atoms with E-state index in [1.807, 2.05) is 0 Å². The van der Waals surface area contributed by atoms with E-state index in [0.717, 1.165) is 25.4 Å². The lowest BCUT2D eigenvalue weighted by atomic mass is 10.1. The van der Waals surface area contributed by atoms with Crippen LogP contribution >= 0.6 is 0 Å². The largest absolute Gasteiger partial charge is 0.317 e. The zero-order valence-corrected chi connectivity index (χ0v) is 7.56. The summed E-state index contributed by atoms with van der Waals surface area (Å²) in [4.78, 5) is 0. The molecule has 0 atom stereocenters. The first-order valence-corrected chi connectivity index (χ1v) is 4.35. The first-order valence-electron chi connectivity index (χ1n) is 4.35. The lowest BCUT2D eigenvalue weighted by molar-refractivity contribution is 0.533. The maximum Gasteiger partial charge on any atom is 0.0622 e. The van der Waals surface area contributed by atoms with Crippen LogP contribution in [0.1, 0.15) is 33.1 Å². The van der Waals surface area contributed by atoms with Gasteiger partial charge in [-0.25, -0.2) is 0 Å². The van der Waals surface area contributed by atoms with Crippen LogP contribution in [0, 0.1) is 17.2 Å². The number of unbranched alkanes of at least 4 members (excludes halogenated alkanes) is 1. The highest BCUT2D eigenvalue weighted by Crippen LogP contribution is 1.96. The van der Waals surface area contributed by atoms with E-state index in [2.05, 4.69) is 25.2 Å². The Kier molecular flexibility index (Phi) is 7.18. The average molecular weight is 154 g/mol. The smallest absolute Gasteiger partial charge is 0.0622 e. The van der Waals surface area contributed by atoms with E-state index in [1.54, 1.807) is 0 Å². The van der Waals surface area contributed by atoms with Gasteiger partial charge in [-0.2, -0.15) is 5.26 Å². The number of rotatable bonds is 6. The Morgan fingerprint density at radius 1 is 1.36 bits per heavy atom. The van der Waals surface area contributed by atoms with Gasteiger partial charge in [0.2, 0.25) is 0 Å². The molecule has 2 nitrogen and oxygen atoms in total. The molecule has 0 aromatic heterocycles. The Bertz CT molecular complexity index is 113. The summed E-state index contributed by atoms with van der Waals surface area (Å²) < 4.78 is 0. The molecular weight excluding hydrogens is 136 g/mol. The standard InChI is InChI=1S/C9H18N2/c1-9(2)5-8-11-7-4-3-6-10/h9,11H,3-5,7-8H2,1-2H3. The lowest BCUT2D eigenvalue weighted by Gasteiger charge is -2.04. The van der Waals surface area contributed by atoms with E-state index in [0.29, 0.717) is 6.42 Å². The molecule has 0 unspecified atom stereocenters. The quantitative estimate of drug-likeness (QED) is 0.593. The van der Waals surface area contributed by atoms with Gasteiger partial charge in [0, 0.05) is 6.42 Å². The molecule has 64 valence electrons. The number of nitrogens with zero attached hydrogens (tertiary/aromatic N) is 1. The van der Waals surface area contributed by atoms with Crippen LogP contribution in [0.15, 0.2) is 0 Å². The molecule has 0 aromatic rings. The van der Waals surface area contributed by atoms with Crippen LogP contribution < -0.4 is 5.32 Å². The Morgan fingerprint density at radius 3 is 2.64 bits per heavy atom. The molecule has 0 aliphatic heterocycles. The minimum atomic E-state index is 0.675. The molecule has 11 heavy (non-hydrogen) atoms. The van der Waals surface area contributed by atoms with Crippen molar-refractivity contribution >= 4 is 0 Å². The highest BCUT2D eigenvalue weighted by atomic mass is 14.8. The first-order chi connectivity index (χ1) is 5.27. The van der Waals surface area contributed by atoms with Gasteiger partial charge in [0.25, 0.3) is 0 Å². The second-order valence-electron chi connectivity index (χ2n) is 3.19. The fraction of sp³-hybridized carbons (Fsp3) is 0.889. The minimum Gasteiger partial charge on any atom is -0.317 e. The predicted octanol–water partition coefficient (Wildman–Crippen LogP) is 1.93. The Balaban J connectivity index is 2.86. The monoisotopic (exact) mass is 154 g/mol. The van der Waals surface area contributed by atoms with Crippen LogP contribution in [-0.4, -0.2) is 13.1 Å². The van der Waals surface area contributed by atoms with Gasteiger partial charge in [0.15, 0.2) is 0 Å². The van der Waals surface area contributed by atoms with Crippen LogP contribution in [0.2, 0.25) is 0 Å². The molecule has 2 heteroatoms.